The highest BCUT2D eigenvalue weighted by atomic mass is 32.2. The second-order valence-corrected chi connectivity index (χ2v) is 4.91. The Kier molecular flexibility index (Phi) is 7.25. The molecule has 0 spiro atoms. The number of aliphatic hydroxyl groups excluding tert-OH is 1. The number of ether oxygens (including phenoxy) is 2. The highest BCUT2D eigenvalue weighted by molar-refractivity contribution is 8.02. The molecule has 0 saturated carbocycles. The lowest BCUT2D eigenvalue weighted by Crippen LogP contribution is -2.14. The van der Waals surface area contributed by atoms with Gasteiger partial charge in [0.25, 0.3) is 5.78 Å². The third kappa shape index (κ3) is 4.96. The number of rotatable bonds is 7. The molecule has 0 aliphatic carbocycles. The van der Waals surface area contributed by atoms with Gasteiger partial charge in [0.1, 0.15) is 11.5 Å². The van der Waals surface area contributed by atoms with Crippen molar-refractivity contribution in [1.82, 2.24) is 0 Å². The van der Waals surface area contributed by atoms with Crippen LogP contribution in [0.25, 0.3) is 5.76 Å². The van der Waals surface area contributed by atoms with Crippen molar-refractivity contribution in [2.45, 2.75) is 6.92 Å². The number of aliphatic hydroxyl groups is 1. The monoisotopic (exact) mass is 322 g/mol. The first-order valence-electron chi connectivity index (χ1n) is 6.54. The molecule has 0 aliphatic rings. The van der Waals surface area contributed by atoms with Crippen LogP contribution in [0.1, 0.15) is 12.5 Å². The first-order valence-corrected chi connectivity index (χ1v) is 7.76. The fraction of sp³-hybridized carbons (Fsp3) is 0.250. The zero-order valence-electron chi connectivity index (χ0n) is 12.7. The number of hydrogen-bond acceptors (Lipinski definition) is 6. The third-order valence-corrected chi connectivity index (χ3v) is 3.45. The summed E-state index contributed by atoms with van der Waals surface area (Å²) in [6.07, 6.45) is 4.24. The average Bonchev–Trinajstić information content (AvgIpc) is 2.55. The molecule has 0 aromatic heterocycles. The molecule has 0 aliphatic heterocycles. The summed E-state index contributed by atoms with van der Waals surface area (Å²) in [5, 5.41) is 10.2. The van der Waals surface area contributed by atoms with Gasteiger partial charge in [0, 0.05) is 10.5 Å². The number of ketones is 1. The van der Waals surface area contributed by atoms with E-state index in [-0.39, 0.29) is 12.4 Å². The molecule has 22 heavy (non-hydrogen) atoms. The van der Waals surface area contributed by atoms with Crippen molar-refractivity contribution in [3.63, 3.8) is 0 Å². The molecule has 1 aromatic carbocycles. The maximum Gasteiger partial charge on any atom is 0.379 e. The molecule has 0 fully saturated rings. The van der Waals surface area contributed by atoms with Crippen molar-refractivity contribution in [2.75, 3.05) is 20.0 Å². The van der Waals surface area contributed by atoms with E-state index < -0.39 is 11.8 Å². The average molecular weight is 322 g/mol. The molecule has 1 aromatic rings. The molecular weight excluding hydrogens is 304 g/mol. The van der Waals surface area contributed by atoms with Crippen LogP contribution in [0.5, 0.6) is 5.75 Å². The topological polar surface area (TPSA) is 72.8 Å². The van der Waals surface area contributed by atoms with E-state index in [4.69, 9.17) is 4.74 Å². The Morgan fingerprint density at radius 1 is 1.23 bits per heavy atom. The summed E-state index contributed by atoms with van der Waals surface area (Å²) in [6.45, 7) is 1.76. The minimum Gasteiger partial charge on any atom is -0.506 e. The Hall–Kier alpha value is -2.21. The molecule has 0 radical (unpaired) electrons. The molecule has 0 amide bonds. The van der Waals surface area contributed by atoms with Gasteiger partial charge in [-0.1, -0.05) is 0 Å². The van der Waals surface area contributed by atoms with Crippen LogP contribution in [-0.2, 0) is 14.3 Å². The Morgan fingerprint density at radius 3 is 2.36 bits per heavy atom. The maximum absolute atomic E-state index is 11.5. The molecule has 1 N–H and O–H groups in total. The van der Waals surface area contributed by atoms with E-state index in [9.17, 15) is 14.7 Å². The quantitative estimate of drug-likeness (QED) is 0.273. The number of hydrogen-bond donors (Lipinski definition) is 1. The second-order valence-electron chi connectivity index (χ2n) is 4.06. The number of carbonyl (C=O) groups excluding carboxylic acids is 2. The largest absolute Gasteiger partial charge is 0.506 e. The van der Waals surface area contributed by atoms with Crippen molar-refractivity contribution in [2.24, 2.45) is 0 Å². The van der Waals surface area contributed by atoms with Crippen LogP contribution in [0.15, 0.2) is 41.3 Å². The van der Waals surface area contributed by atoms with Crippen molar-refractivity contribution in [1.29, 1.82) is 0 Å². The highest BCUT2D eigenvalue weighted by Crippen LogP contribution is 2.25. The second kappa shape index (κ2) is 8.94. The van der Waals surface area contributed by atoms with Crippen LogP contribution < -0.4 is 4.74 Å². The summed E-state index contributed by atoms with van der Waals surface area (Å²) in [5.41, 5.74) is 0.582. The van der Waals surface area contributed by atoms with E-state index in [2.05, 4.69) is 4.74 Å². The van der Waals surface area contributed by atoms with Gasteiger partial charge >= 0.3 is 5.97 Å². The smallest absolute Gasteiger partial charge is 0.379 e. The van der Waals surface area contributed by atoms with Crippen LogP contribution in [0.3, 0.4) is 0 Å². The van der Waals surface area contributed by atoms with Crippen molar-refractivity contribution >= 4 is 29.3 Å². The molecule has 0 atom stereocenters. The van der Waals surface area contributed by atoms with E-state index in [1.54, 1.807) is 44.6 Å². The number of thioether (sulfide) groups is 1. The lowest BCUT2D eigenvalue weighted by atomic mass is 10.1. The molecule has 0 unspecified atom stereocenters. The maximum atomic E-state index is 11.5. The minimum atomic E-state index is -0.914. The molecule has 0 saturated heterocycles. The molecular formula is C16H18O5S. The molecule has 5 nitrogen and oxygen atoms in total. The van der Waals surface area contributed by atoms with Gasteiger partial charge in [0.05, 0.1) is 13.7 Å². The number of benzene rings is 1. The van der Waals surface area contributed by atoms with Crippen LogP contribution in [0, 0.1) is 0 Å². The lowest BCUT2D eigenvalue weighted by molar-refractivity contribution is -0.151. The fourth-order valence-electron chi connectivity index (χ4n) is 1.56. The van der Waals surface area contributed by atoms with Crippen LogP contribution >= 0.6 is 11.8 Å². The van der Waals surface area contributed by atoms with Gasteiger partial charge in [0.2, 0.25) is 0 Å². The van der Waals surface area contributed by atoms with E-state index >= 15 is 0 Å². The molecule has 6 heteroatoms. The third-order valence-electron chi connectivity index (χ3n) is 2.68. The predicted octanol–water partition coefficient (Wildman–Crippen LogP) is 2.97. The summed E-state index contributed by atoms with van der Waals surface area (Å²) in [7, 11) is 1.56. The van der Waals surface area contributed by atoms with Crippen molar-refractivity contribution in [3.8, 4) is 5.75 Å². The SMILES string of the molecule is CCOC(=O)C(=O)C=CC(SC)=C(O)c1ccc(OC)cc1. The first kappa shape index (κ1) is 17.8. The summed E-state index contributed by atoms with van der Waals surface area (Å²) in [5.74, 6) is -0.989. The highest BCUT2D eigenvalue weighted by Gasteiger charge is 2.12. The van der Waals surface area contributed by atoms with Gasteiger partial charge < -0.3 is 14.6 Å². The van der Waals surface area contributed by atoms with Gasteiger partial charge in [-0.05, 0) is 49.6 Å². The zero-order valence-corrected chi connectivity index (χ0v) is 13.5. The van der Waals surface area contributed by atoms with E-state index in [1.807, 2.05) is 0 Å². The van der Waals surface area contributed by atoms with Crippen LogP contribution in [0.4, 0.5) is 0 Å². The lowest BCUT2D eigenvalue weighted by Gasteiger charge is -2.06. The minimum absolute atomic E-state index is 0.0167. The number of carbonyl (C=O) groups is 2. The molecule has 118 valence electrons. The van der Waals surface area contributed by atoms with Gasteiger partial charge in [-0.2, -0.15) is 0 Å². The Bertz CT molecular complexity index is 587. The summed E-state index contributed by atoms with van der Waals surface area (Å²) >= 11 is 1.26. The Morgan fingerprint density at radius 2 is 1.86 bits per heavy atom. The zero-order chi connectivity index (χ0) is 16.5. The van der Waals surface area contributed by atoms with E-state index in [0.717, 1.165) is 6.08 Å². The van der Waals surface area contributed by atoms with Crippen molar-refractivity contribution < 1.29 is 24.2 Å². The number of allylic oxidation sites excluding steroid dienone is 1. The first-order chi connectivity index (χ1) is 10.5. The Labute approximate surface area is 133 Å². The van der Waals surface area contributed by atoms with E-state index in [1.165, 1.54) is 17.8 Å². The van der Waals surface area contributed by atoms with E-state index in [0.29, 0.717) is 16.2 Å². The van der Waals surface area contributed by atoms with Crippen LogP contribution in [-0.4, -0.2) is 36.8 Å². The molecule has 1 rings (SSSR count). The van der Waals surface area contributed by atoms with Gasteiger partial charge in [0.15, 0.2) is 0 Å². The number of esters is 1. The standard InChI is InChI=1S/C16H18O5S/c1-4-21-16(19)13(17)9-10-14(22-3)15(18)11-5-7-12(20-2)8-6-11/h5-10,18H,4H2,1-3H3. The summed E-state index contributed by atoms with van der Waals surface area (Å²) < 4.78 is 9.65. The van der Waals surface area contributed by atoms with Crippen LogP contribution in [0.2, 0.25) is 0 Å². The van der Waals surface area contributed by atoms with Gasteiger partial charge in [-0.3, -0.25) is 4.79 Å². The predicted molar refractivity (Wildman–Crippen MR) is 86.8 cm³/mol. The Balaban J connectivity index is 2.96. The summed E-state index contributed by atoms with van der Waals surface area (Å²) in [6, 6.07) is 6.84. The fourth-order valence-corrected chi connectivity index (χ4v) is 2.07. The van der Waals surface area contributed by atoms with Gasteiger partial charge in [-0.15, -0.1) is 11.8 Å². The normalized spacial score (nSPS) is 12.0. The molecule has 0 heterocycles. The number of methoxy groups -OCH3 is 1. The summed E-state index contributed by atoms with van der Waals surface area (Å²) in [4.78, 5) is 23.2. The van der Waals surface area contributed by atoms with Gasteiger partial charge in [-0.25, -0.2) is 4.79 Å². The molecule has 0 bridgehead atoms. The van der Waals surface area contributed by atoms with Crippen molar-refractivity contribution in [3.05, 3.63) is 46.9 Å².